The van der Waals surface area contributed by atoms with Crippen molar-refractivity contribution in [3.05, 3.63) is 144 Å². The van der Waals surface area contributed by atoms with E-state index < -0.39 is 24.3 Å². The number of amides is 3. The lowest BCUT2D eigenvalue weighted by Crippen LogP contribution is -2.53. The maximum absolute atomic E-state index is 13.7. The molecule has 2 aliphatic rings. The lowest BCUT2D eigenvalue weighted by Gasteiger charge is -2.42. The second-order valence-electron chi connectivity index (χ2n) is 18.6. The fourth-order valence-electron chi connectivity index (χ4n) is 8.03. The normalized spacial score (nSPS) is 15.7. The number of carbonyl (C=O) groups is 4. The van der Waals surface area contributed by atoms with Gasteiger partial charge in [-0.1, -0.05) is 60.7 Å². The number of carboxylic acid groups (broad SMARTS) is 1. The van der Waals surface area contributed by atoms with Crippen molar-refractivity contribution >= 4 is 24.1 Å². The van der Waals surface area contributed by atoms with Crippen molar-refractivity contribution in [1.82, 2.24) is 35.1 Å². The largest absolute Gasteiger partial charge is 0.496 e. The summed E-state index contributed by atoms with van der Waals surface area (Å²) in [7, 11) is 2.09. The number of nitrogens with one attached hydrogen (secondary N) is 2. The topological polar surface area (TPSA) is 193 Å². The van der Waals surface area contributed by atoms with Gasteiger partial charge in [-0.3, -0.25) is 19.4 Å². The van der Waals surface area contributed by atoms with Crippen LogP contribution >= 0.6 is 0 Å². The Bertz CT molecular complexity index is 2640. The number of piperidine rings is 1. The maximum atomic E-state index is 13.7. The van der Waals surface area contributed by atoms with E-state index in [1.807, 2.05) is 93.8 Å². The van der Waals surface area contributed by atoms with Crippen LogP contribution in [0.2, 0.25) is 0 Å². The Kier molecular flexibility index (Phi) is 18.7. The van der Waals surface area contributed by atoms with Crippen LogP contribution in [-0.4, -0.2) is 130 Å². The Balaban J connectivity index is 0.000000213. The van der Waals surface area contributed by atoms with Crippen LogP contribution in [0.1, 0.15) is 99.6 Å². The standard InChI is InChI=1S/C26H30N4O4.C16H23NO2.C11H10N2O3.CH3F/c1-26(2,3)34-25(32)29-12-13-30(22(17-29)18-8-6-5-7-9-18)24(31)19-10-11-21(23(14-19)33-4)20-15-27-28-16-20;1-16(2,3)19-15(18)17-11-7-10-14(12-17)13-8-5-4-6-9-13;1-16-10-4-7(11(14)15)2-3-9(10)8-5-12-13-6-8;1-2/h5-11,14-16,22H,12-13,17H2,1-4H3,(H,27,28);4-6,8-9,14H,7,10-12H2,1-3H3;2-6H,1H3,(H,12,13)(H,14,15);1H3/i;;;1D. The van der Waals surface area contributed by atoms with E-state index in [0.29, 0.717) is 42.6 Å². The summed E-state index contributed by atoms with van der Waals surface area (Å²) in [6, 6.07) is 30.0. The number of hydrogen-bond donors (Lipinski definition) is 3. The fourth-order valence-corrected chi connectivity index (χ4v) is 8.03. The van der Waals surface area contributed by atoms with Gasteiger partial charge < -0.3 is 38.8 Å². The first-order valence-electron chi connectivity index (χ1n) is 23.9. The summed E-state index contributed by atoms with van der Waals surface area (Å²) in [5, 5.41) is 22.2. The number of aromatic amines is 2. The summed E-state index contributed by atoms with van der Waals surface area (Å²) in [6.45, 7) is 14.0. The number of carboxylic acids is 1. The molecule has 2 aromatic heterocycles. The molecule has 17 heteroatoms. The summed E-state index contributed by atoms with van der Waals surface area (Å²) in [4.78, 5) is 54.6. The Morgan fingerprint density at radius 1 is 0.676 bits per heavy atom. The highest BCUT2D eigenvalue weighted by molar-refractivity contribution is 5.96. The van der Waals surface area contributed by atoms with Crippen molar-refractivity contribution in [3.8, 4) is 33.8 Å². The van der Waals surface area contributed by atoms with Gasteiger partial charge in [-0.15, -0.1) is 0 Å². The molecule has 0 spiro atoms. The molecular weight excluding hydrogens is 910 g/mol. The van der Waals surface area contributed by atoms with E-state index in [4.69, 9.17) is 25.4 Å². The Hall–Kier alpha value is -7.69. The molecule has 2 fully saturated rings. The molecule has 6 aromatic rings. The van der Waals surface area contributed by atoms with Gasteiger partial charge in [0.15, 0.2) is 0 Å². The molecule has 3 amide bonds. The van der Waals surface area contributed by atoms with Gasteiger partial charge in [-0.05, 0) is 102 Å². The molecule has 378 valence electrons. The first-order valence-corrected chi connectivity index (χ1v) is 23.2. The van der Waals surface area contributed by atoms with E-state index in [-0.39, 0.29) is 29.7 Å². The van der Waals surface area contributed by atoms with Gasteiger partial charge in [0.25, 0.3) is 5.91 Å². The molecule has 71 heavy (non-hydrogen) atoms. The van der Waals surface area contributed by atoms with Crippen molar-refractivity contribution in [2.24, 2.45) is 0 Å². The smallest absolute Gasteiger partial charge is 0.410 e. The lowest BCUT2D eigenvalue weighted by atomic mass is 9.91. The minimum atomic E-state index is -1.00. The van der Waals surface area contributed by atoms with Gasteiger partial charge in [-0.25, -0.2) is 14.4 Å². The van der Waals surface area contributed by atoms with Crippen molar-refractivity contribution < 1.29 is 49.0 Å². The molecular formula is C54H66FN7O9. The summed E-state index contributed by atoms with van der Waals surface area (Å²) in [5.74, 6) is 0.450. The van der Waals surface area contributed by atoms with E-state index in [2.05, 4.69) is 44.7 Å². The quantitative estimate of drug-likeness (QED) is 0.131. The predicted molar refractivity (Wildman–Crippen MR) is 269 cm³/mol. The molecule has 0 radical (unpaired) electrons. The SMILES string of the molecule is CC(C)(C)OC(=O)N1CCCC(c2ccccc2)C1.COc1cc(C(=O)N2CCN(C(=O)OC(C)(C)C)CC2c2ccccc2)ccc1-c1cn[nH]c1.COc1cc(C(=O)O)ccc1-c1cn[nH]c1.[2H]CF. The molecule has 2 aliphatic heterocycles. The number of hydrogen-bond acceptors (Lipinski definition) is 10. The number of H-pyrrole nitrogens is 2. The van der Waals surface area contributed by atoms with Gasteiger partial charge in [0.2, 0.25) is 0 Å². The number of aromatic nitrogens is 4. The first-order chi connectivity index (χ1) is 34.4. The number of likely N-dealkylation sites (tertiary alicyclic amines) is 1. The van der Waals surface area contributed by atoms with Gasteiger partial charge in [0.1, 0.15) is 22.7 Å². The van der Waals surface area contributed by atoms with Crippen molar-refractivity contribution in [2.45, 2.75) is 77.5 Å². The van der Waals surface area contributed by atoms with Gasteiger partial charge >= 0.3 is 18.2 Å². The zero-order valence-electron chi connectivity index (χ0n) is 42.7. The second kappa shape index (κ2) is 25.3. The van der Waals surface area contributed by atoms with Gasteiger partial charge in [0, 0.05) is 78.9 Å². The number of benzene rings is 4. The molecule has 0 saturated carbocycles. The summed E-state index contributed by atoms with van der Waals surface area (Å²) in [5.41, 5.74) is 5.39. The molecule has 2 unspecified atom stereocenters. The molecule has 0 aliphatic carbocycles. The number of halogens is 1. The van der Waals surface area contributed by atoms with E-state index in [1.54, 1.807) is 55.0 Å². The minimum absolute atomic E-state index is 0.116. The highest BCUT2D eigenvalue weighted by atomic mass is 19.1. The predicted octanol–water partition coefficient (Wildman–Crippen LogP) is 10.7. The fraction of sp³-hybridized carbons (Fsp3) is 0.370. The van der Waals surface area contributed by atoms with Crippen molar-refractivity contribution in [3.63, 3.8) is 0 Å². The summed E-state index contributed by atoms with van der Waals surface area (Å²) in [6.07, 6.45) is 8.49. The molecule has 4 aromatic carbocycles. The first kappa shape index (κ1) is 52.7. The summed E-state index contributed by atoms with van der Waals surface area (Å²) >= 11 is 0. The van der Waals surface area contributed by atoms with E-state index >= 15 is 0 Å². The van der Waals surface area contributed by atoms with E-state index in [0.717, 1.165) is 53.7 Å². The van der Waals surface area contributed by atoms with Crippen LogP contribution in [0.25, 0.3) is 22.3 Å². The van der Waals surface area contributed by atoms with E-state index in [9.17, 15) is 23.6 Å². The Labute approximate surface area is 416 Å². The Morgan fingerprint density at radius 2 is 1.15 bits per heavy atom. The third kappa shape index (κ3) is 15.4. The zero-order valence-corrected chi connectivity index (χ0v) is 41.7. The van der Waals surface area contributed by atoms with Crippen LogP contribution in [0, 0.1) is 0 Å². The molecule has 16 nitrogen and oxygen atoms in total. The monoisotopic (exact) mass is 976 g/mol. The average Bonchev–Trinajstić information content (AvgIpc) is 4.12. The van der Waals surface area contributed by atoms with Gasteiger partial charge in [0.05, 0.1) is 46.7 Å². The van der Waals surface area contributed by atoms with Crippen LogP contribution in [-0.2, 0) is 9.47 Å². The van der Waals surface area contributed by atoms with Gasteiger partial charge in [-0.2, -0.15) is 10.2 Å². The number of alkyl halides is 1. The molecule has 3 N–H and O–H groups in total. The third-order valence-corrected chi connectivity index (χ3v) is 11.3. The van der Waals surface area contributed by atoms with Crippen LogP contribution in [0.3, 0.4) is 0 Å². The number of nitrogens with zero attached hydrogens (tertiary/aromatic N) is 5. The van der Waals surface area contributed by atoms with Crippen molar-refractivity contribution in [2.75, 3.05) is 54.1 Å². The second-order valence-corrected chi connectivity index (χ2v) is 18.6. The average molecular weight is 977 g/mol. The van der Waals surface area contributed by atoms with E-state index in [1.165, 1.54) is 24.8 Å². The van der Waals surface area contributed by atoms with Crippen LogP contribution in [0.4, 0.5) is 14.0 Å². The zero-order chi connectivity index (χ0) is 52.4. The highest BCUT2D eigenvalue weighted by Crippen LogP contribution is 2.34. The molecule has 4 heterocycles. The molecule has 0 bridgehead atoms. The molecule has 2 saturated heterocycles. The highest BCUT2D eigenvalue weighted by Gasteiger charge is 2.36. The third-order valence-electron chi connectivity index (χ3n) is 11.3. The van der Waals surface area contributed by atoms with Crippen molar-refractivity contribution in [1.29, 1.82) is 0 Å². The molecule has 8 rings (SSSR count). The number of methoxy groups -OCH3 is 2. The number of rotatable bonds is 8. The molecule has 2 atom stereocenters. The van der Waals surface area contributed by atoms with Crippen LogP contribution in [0.5, 0.6) is 11.5 Å². The lowest BCUT2D eigenvalue weighted by molar-refractivity contribution is 0.00405. The summed E-state index contributed by atoms with van der Waals surface area (Å²) < 4.78 is 37.3. The number of carbonyl (C=O) groups excluding carboxylic acids is 3. The minimum Gasteiger partial charge on any atom is -0.496 e. The number of piperazine rings is 1. The number of ether oxygens (including phenoxy) is 4. The van der Waals surface area contributed by atoms with Crippen LogP contribution < -0.4 is 9.47 Å². The maximum Gasteiger partial charge on any atom is 0.410 e. The number of aromatic carboxylic acids is 1. The van der Waals surface area contributed by atoms with Crippen LogP contribution in [0.15, 0.2) is 122 Å². The Morgan fingerprint density at radius 3 is 1.62 bits per heavy atom.